The molecule has 0 spiro atoms. The van der Waals surface area contributed by atoms with Gasteiger partial charge in [0.25, 0.3) is 0 Å². The first-order valence-electron chi connectivity index (χ1n) is 7.29. The highest BCUT2D eigenvalue weighted by atomic mass is 79.9. The van der Waals surface area contributed by atoms with Gasteiger partial charge >= 0.3 is 0 Å². The van der Waals surface area contributed by atoms with E-state index in [0.29, 0.717) is 22.8 Å². The van der Waals surface area contributed by atoms with Crippen molar-refractivity contribution in [3.8, 4) is 6.19 Å². The quantitative estimate of drug-likeness (QED) is 0.316. The topological polar surface area (TPSA) is 96.6 Å². The number of pyridine rings is 1. The van der Waals surface area contributed by atoms with Crippen molar-refractivity contribution in [2.75, 3.05) is 5.32 Å². The SMILES string of the molecule is CC1(C)CC(N/C(=N/C#N)Nc2cccc(Br)n2)C(C)(C)N1O. The summed E-state index contributed by atoms with van der Waals surface area (Å²) in [4.78, 5) is 8.06. The minimum Gasteiger partial charge on any atom is -0.350 e. The lowest BCUT2D eigenvalue weighted by atomic mass is 9.94. The lowest BCUT2D eigenvalue weighted by Gasteiger charge is -2.36. The molecule has 2 heterocycles. The normalized spacial score (nSPS) is 23.3. The summed E-state index contributed by atoms with van der Waals surface area (Å²) in [6.45, 7) is 7.84. The molecule has 1 atom stereocenters. The van der Waals surface area contributed by atoms with Crippen LogP contribution in [0.1, 0.15) is 34.1 Å². The van der Waals surface area contributed by atoms with Gasteiger partial charge in [-0.3, -0.25) is 0 Å². The molecule has 23 heavy (non-hydrogen) atoms. The number of anilines is 1. The summed E-state index contributed by atoms with van der Waals surface area (Å²) in [6.07, 6.45) is 2.49. The Morgan fingerprint density at radius 2 is 2.17 bits per heavy atom. The molecular formula is C15H21BrN6O. The molecule has 0 aliphatic carbocycles. The zero-order chi connectivity index (χ0) is 17.3. The second-order valence-electron chi connectivity index (χ2n) is 6.71. The molecule has 1 aromatic rings. The predicted molar refractivity (Wildman–Crippen MR) is 91.9 cm³/mol. The summed E-state index contributed by atoms with van der Waals surface area (Å²) in [5.74, 6) is 0.874. The Balaban J connectivity index is 2.18. The molecule has 0 saturated carbocycles. The van der Waals surface area contributed by atoms with E-state index >= 15 is 0 Å². The van der Waals surface area contributed by atoms with Crippen molar-refractivity contribution in [2.45, 2.75) is 51.2 Å². The van der Waals surface area contributed by atoms with Crippen LogP contribution in [0.5, 0.6) is 0 Å². The van der Waals surface area contributed by atoms with Crippen LogP contribution in [0.2, 0.25) is 0 Å². The molecule has 8 heteroatoms. The van der Waals surface area contributed by atoms with Gasteiger partial charge in [-0.05, 0) is 62.2 Å². The van der Waals surface area contributed by atoms with E-state index in [9.17, 15) is 5.21 Å². The highest BCUT2D eigenvalue weighted by Gasteiger charge is 2.51. The average Bonchev–Trinajstić information content (AvgIpc) is 2.59. The third-order valence-corrected chi connectivity index (χ3v) is 4.55. The number of nitriles is 1. The van der Waals surface area contributed by atoms with Crippen molar-refractivity contribution in [3.05, 3.63) is 22.8 Å². The van der Waals surface area contributed by atoms with Gasteiger partial charge in [-0.2, -0.15) is 10.3 Å². The third-order valence-electron chi connectivity index (χ3n) is 4.11. The van der Waals surface area contributed by atoms with E-state index in [1.165, 1.54) is 5.06 Å². The van der Waals surface area contributed by atoms with Gasteiger partial charge in [0.05, 0.1) is 11.6 Å². The number of hydroxylamine groups is 2. The van der Waals surface area contributed by atoms with Crippen LogP contribution in [-0.4, -0.2) is 38.3 Å². The molecule has 1 saturated heterocycles. The molecule has 0 amide bonds. The summed E-state index contributed by atoms with van der Waals surface area (Å²) >= 11 is 3.30. The van der Waals surface area contributed by atoms with E-state index in [1.807, 2.05) is 39.8 Å². The Hall–Kier alpha value is -1.69. The number of nitrogens with zero attached hydrogens (tertiary/aromatic N) is 4. The minimum absolute atomic E-state index is 0.0887. The first-order chi connectivity index (χ1) is 10.7. The van der Waals surface area contributed by atoms with Crippen LogP contribution in [0.25, 0.3) is 0 Å². The van der Waals surface area contributed by atoms with Crippen molar-refractivity contribution in [2.24, 2.45) is 4.99 Å². The van der Waals surface area contributed by atoms with Gasteiger partial charge < -0.3 is 15.8 Å². The maximum absolute atomic E-state index is 10.4. The summed E-state index contributed by atoms with van der Waals surface area (Å²) in [5, 5.41) is 26.9. The number of guanidine groups is 1. The van der Waals surface area contributed by atoms with E-state index in [4.69, 9.17) is 5.26 Å². The number of hydrogen-bond acceptors (Lipinski definition) is 5. The fourth-order valence-electron chi connectivity index (χ4n) is 2.90. The lowest BCUT2D eigenvalue weighted by Crippen LogP contribution is -2.54. The number of rotatable bonds is 2. The van der Waals surface area contributed by atoms with Gasteiger partial charge in [-0.15, -0.1) is 4.99 Å². The fraction of sp³-hybridized carbons (Fsp3) is 0.533. The zero-order valence-corrected chi connectivity index (χ0v) is 15.2. The van der Waals surface area contributed by atoms with E-state index in [2.05, 4.69) is 36.5 Å². The Morgan fingerprint density at radius 1 is 1.48 bits per heavy atom. The van der Waals surface area contributed by atoms with Crippen molar-refractivity contribution in [1.82, 2.24) is 15.4 Å². The standard InChI is InChI=1S/C15H21BrN6O/c1-14(2)8-10(15(3,4)22(14)23)19-13(18-9-17)21-12-7-5-6-11(16)20-12/h5-7,10,23H,8H2,1-4H3,(H2,18,19,20,21). The predicted octanol–water partition coefficient (Wildman–Crippen LogP) is 2.70. The van der Waals surface area contributed by atoms with Crippen molar-refractivity contribution >= 4 is 27.7 Å². The molecule has 7 nitrogen and oxygen atoms in total. The average molecular weight is 381 g/mol. The number of nitrogens with one attached hydrogen (secondary N) is 2. The van der Waals surface area contributed by atoms with Crippen LogP contribution in [0.15, 0.2) is 27.8 Å². The van der Waals surface area contributed by atoms with Crippen LogP contribution >= 0.6 is 15.9 Å². The molecule has 124 valence electrons. The second kappa shape index (κ2) is 6.43. The van der Waals surface area contributed by atoms with Gasteiger partial charge in [-0.25, -0.2) is 4.98 Å². The monoisotopic (exact) mass is 380 g/mol. The molecule has 0 aromatic carbocycles. The maximum atomic E-state index is 10.4. The Morgan fingerprint density at radius 3 is 2.70 bits per heavy atom. The van der Waals surface area contributed by atoms with Gasteiger partial charge in [0.1, 0.15) is 10.4 Å². The lowest BCUT2D eigenvalue weighted by molar-refractivity contribution is -0.193. The molecule has 2 rings (SSSR count). The largest absolute Gasteiger partial charge is 0.350 e. The Bertz CT molecular complexity index is 652. The fourth-order valence-corrected chi connectivity index (χ4v) is 3.25. The van der Waals surface area contributed by atoms with Gasteiger partial charge in [0.2, 0.25) is 12.2 Å². The molecule has 1 unspecified atom stereocenters. The van der Waals surface area contributed by atoms with E-state index in [1.54, 1.807) is 12.3 Å². The zero-order valence-electron chi connectivity index (χ0n) is 13.6. The highest BCUT2D eigenvalue weighted by molar-refractivity contribution is 9.10. The maximum Gasteiger partial charge on any atom is 0.213 e. The van der Waals surface area contributed by atoms with Crippen molar-refractivity contribution < 1.29 is 5.21 Å². The second-order valence-corrected chi connectivity index (χ2v) is 7.52. The molecule has 3 N–H and O–H groups in total. The van der Waals surface area contributed by atoms with Crippen LogP contribution in [0.3, 0.4) is 0 Å². The van der Waals surface area contributed by atoms with Gasteiger partial charge in [0, 0.05) is 5.54 Å². The smallest absolute Gasteiger partial charge is 0.213 e. The van der Waals surface area contributed by atoms with Crippen LogP contribution < -0.4 is 10.6 Å². The number of aliphatic imine (C=N–C) groups is 1. The van der Waals surface area contributed by atoms with Crippen LogP contribution in [0, 0.1) is 11.5 Å². The Labute approximate surface area is 144 Å². The van der Waals surface area contributed by atoms with E-state index < -0.39 is 5.54 Å². The molecule has 1 aromatic heterocycles. The summed E-state index contributed by atoms with van der Waals surface area (Å²) in [6, 6.07) is 5.34. The molecule has 0 radical (unpaired) electrons. The molecule has 1 fully saturated rings. The molecule has 1 aliphatic heterocycles. The van der Waals surface area contributed by atoms with Crippen LogP contribution in [-0.2, 0) is 0 Å². The Kier molecular flexibility index (Phi) is 4.94. The first-order valence-corrected chi connectivity index (χ1v) is 8.08. The van der Waals surface area contributed by atoms with E-state index in [-0.39, 0.29) is 11.6 Å². The first kappa shape index (κ1) is 17.7. The molecule has 0 bridgehead atoms. The van der Waals surface area contributed by atoms with Crippen molar-refractivity contribution in [3.63, 3.8) is 0 Å². The van der Waals surface area contributed by atoms with Gasteiger partial charge in [-0.1, -0.05) is 6.07 Å². The highest BCUT2D eigenvalue weighted by Crippen LogP contribution is 2.38. The number of hydrogen-bond donors (Lipinski definition) is 3. The summed E-state index contributed by atoms with van der Waals surface area (Å²) in [7, 11) is 0. The molecule has 1 aliphatic rings. The number of halogens is 1. The van der Waals surface area contributed by atoms with E-state index in [0.717, 1.165) is 0 Å². The van der Waals surface area contributed by atoms with Crippen molar-refractivity contribution in [1.29, 1.82) is 5.26 Å². The molecular weight excluding hydrogens is 360 g/mol. The summed E-state index contributed by atoms with van der Waals surface area (Å²) < 4.78 is 0.683. The minimum atomic E-state index is -0.508. The summed E-state index contributed by atoms with van der Waals surface area (Å²) in [5.41, 5.74) is -0.876. The van der Waals surface area contributed by atoms with Crippen LogP contribution in [0.4, 0.5) is 5.82 Å². The third kappa shape index (κ3) is 3.80. The number of aromatic nitrogens is 1. The van der Waals surface area contributed by atoms with Gasteiger partial charge in [0.15, 0.2) is 0 Å².